The number of carbonyl (C=O) groups is 2. The zero-order chi connectivity index (χ0) is 15.4. The first kappa shape index (κ1) is 15.7. The molecular formula is C12H12N4O2S3. The molecule has 110 valence electrons. The molecule has 2 aromatic heterocycles. The van der Waals surface area contributed by atoms with E-state index in [0.717, 1.165) is 9.90 Å². The minimum absolute atomic E-state index is 0.181. The number of aromatic amines is 1. The van der Waals surface area contributed by atoms with Crippen LogP contribution in [0.4, 0.5) is 5.13 Å². The maximum Gasteiger partial charge on any atom is 0.260 e. The van der Waals surface area contributed by atoms with Gasteiger partial charge in [-0.1, -0.05) is 23.6 Å². The lowest BCUT2D eigenvalue weighted by Gasteiger charge is -2.01. The average Bonchev–Trinajstić information content (AvgIpc) is 2.76. The largest absolute Gasteiger partial charge is 0.369 e. The van der Waals surface area contributed by atoms with Gasteiger partial charge < -0.3 is 10.7 Å². The van der Waals surface area contributed by atoms with E-state index in [-0.39, 0.29) is 11.7 Å². The molecule has 0 saturated heterocycles. The zero-order valence-corrected chi connectivity index (χ0v) is 13.5. The molecule has 0 aliphatic carbocycles. The van der Waals surface area contributed by atoms with Crippen molar-refractivity contribution in [1.82, 2.24) is 9.97 Å². The Morgan fingerprint density at radius 1 is 1.57 bits per heavy atom. The summed E-state index contributed by atoms with van der Waals surface area (Å²) >= 11 is 7.66. The van der Waals surface area contributed by atoms with E-state index >= 15 is 0 Å². The molecule has 21 heavy (non-hydrogen) atoms. The van der Waals surface area contributed by atoms with Gasteiger partial charge in [0.1, 0.15) is 4.64 Å². The summed E-state index contributed by atoms with van der Waals surface area (Å²) in [6.45, 7) is 1.81. The van der Waals surface area contributed by atoms with E-state index in [9.17, 15) is 9.59 Å². The van der Waals surface area contributed by atoms with Crippen LogP contribution in [0, 0.1) is 11.6 Å². The van der Waals surface area contributed by atoms with Gasteiger partial charge in [0.05, 0.1) is 21.2 Å². The summed E-state index contributed by atoms with van der Waals surface area (Å²) < 4.78 is 1.22. The fourth-order valence-electron chi connectivity index (χ4n) is 1.47. The molecular weight excluding hydrogens is 328 g/mol. The van der Waals surface area contributed by atoms with Crippen LogP contribution in [-0.4, -0.2) is 27.5 Å². The number of H-pyrrole nitrogens is 1. The molecule has 0 spiro atoms. The van der Waals surface area contributed by atoms with Gasteiger partial charge in [0.15, 0.2) is 5.13 Å². The number of pyridine rings is 1. The number of thioether (sulfide) groups is 1. The van der Waals surface area contributed by atoms with Gasteiger partial charge in [-0.3, -0.25) is 14.9 Å². The monoisotopic (exact) mass is 340 g/mol. The molecule has 0 aromatic carbocycles. The van der Waals surface area contributed by atoms with Crippen molar-refractivity contribution in [3.05, 3.63) is 34.2 Å². The fraction of sp³-hybridized carbons (Fsp3) is 0.167. The van der Waals surface area contributed by atoms with Gasteiger partial charge >= 0.3 is 0 Å². The third-order valence-electron chi connectivity index (χ3n) is 2.38. The second-order valence-corrected chi connectivity index (χ2v) is 6.67. The maximum atomic E-state index is 12.1. The van der Waals surface area contributed by atoms with Crippen LogP contribution in [0.2, 0.25) is 0 Å². The fourth-order valence-corrected chi connectivity index (χ4v) is 3.57. The number of anilines is 1. The van der Waals surface area contributed by atoms with Crippen LogP contribution in [0.3, 0.4) is 0 Å². The van der Waals surface area contributed by atoms with Crippen LogP contribution in [0.5, 0.6) is 0 Å². The number of thiazole rings is 1. The Bertz CT molecular complexity index is 738. The summed E-state index contributed by atoms with van der Waals surface area (Å²) in [6.07, 6.45) is 1.66. The molecule has 4 N–H and O–H groups in total. The zero-order valence-electron chi connectivity index (χ0n) is 11.0. The molecule has 0 atom stereocenters. The molecule has 2 aromatic rings. The van der Waals surface area contributed by atoms with Gasteiger partial charge in [0.2, 0.25) is 5.91 Å². The SMILES string of the molecule is Cc1nc(NC(=O)c2ccc[nH]c2=S)sc1SCC(N)=O. The number of carbonyl (C=O) groups excluding carboxylic acids is 2. The molecule has 2 heterocycles. The van der Waals surface area contributed by atoms with Gasteiger partial charge in [-0.25, -0.2) is 4.98 Å². The number of hydrogen-bond donors (Lipinski definition) is 3. The van der Waals surface area contributed by atoms with E-state index in [4.69, 9.17) is 18.0 Å². The van der Waals surface area contributed by atoms with Crippen molar-refractivity contribution in [2.45, 2.75) is 11.1 Å². The summed E-state index contributed by atoms with van der Waals surface area (Å²) in [4.78, 5) is 30.0. The summed E-state index contributed by atoms with van der Waals surface area (Å²) in [7, 11) is 0. The number of nitrogens with two attached hydrogens (primary N) is 1. The van der Waals surface area contributed by atoms with E-state index in [0.29, 0.717) is 15.3 Å². The van der Waals surface area contributed by atoms with Gasteiger partial charge in [-0.15, -0.1) is 11.8 Å². The Morgan fingerprint density at radius 3 is 3.00 bits per heavy atom. The van der Waals surface area contributed by atoms with Crippen LogP contribution in [0.25, 0.3) is 0 Å². The average molecular weight is 340 g/mol. The lowest BCUT2D eigenvalue weighted by molar-refractivity contribution is -0.115. The number of aryl methyl sites for hydroxylation is 1. The Balaban J connectivity index is 2.12. The van der Waals surface area contributed by atoms with E-state index in [1.54, 1.807) is 18.3 Å². The topological polar surface area (TPSA) is 101 Å². The van der Waals surface area contributed by atoms with Crippen LogP contribution in [0.15, 0.2) is 22.5 Å². The maximum absolute atomic E-state index is 12.1. The van der Waals surface area contributed by atoms with Crippen molar-refractivity contribution in [3.63, 3.8) is 0 Å². The quantitative estimate of drug-likeness (QED) is 0.573. The Kier molecular flexibility index (Phi) is 5.10. The predicted octanol–water partition coefficient (Wildman–Crippen LogP) is 2.34. The van der Waals surface area contributed by atoms with E-state index in [1.807, 2.05) is 6.92 Å². The van der Waals surface area contributed by atoms with Crippen LogP contribution < -0.4 is 11.1 Å². The van der Waals surface area contributed by atoms with Crippen LogP contribution in [0.1, 0.15) is 16.1 Å². The highest BCUT2D eigenvalue weighted by Crippen LogP contribution is 2.32. The van der Waals surface area contributed by atoms with Gasteiger partial charge in [0, 0.05) is 6.20 Å². The molecule has 0 fully saturated rings. The molecule has 0 bridgehead atoms. The first-order chi connectivity index (χ1) is 9.97. The standard InChI is InChI=1S/C12H12N4O2S3/c1-6-11(20-5-8(13)17)21-12(15-6)16-9(18)7-3-2-4-14-10(7)19/h2-4H,5H2,1H3,(H2,13,17)(H,14,19)(H,15,16,18). The highest BCUT2D eigenvalue weighted by molar-refractivity contribution is 8.01. The minimum Gasteiger partial charge on any atom is -0.369 e. The number of aromatic nitrogens is 2. The van der Waals surface area contributed by atoms with Crippen molar-refractivity contribution >= 4 is 52.3 Å². The Hall–Kier alpha value is -1.71. The highest BCUT2D eigenvalue weighted by atomic mass is 32.2. The third-order valence-corrected chi connectivity index (χ3v) is 5.18. The summed E-state index contributed by atoms with van der Waals surface area (Å²) in [5.41, 5.74) is 6.24. The third kappa shape index (κ3) is 4.13. The number of hydrogen-bond acceptors (Lipinski definition) is 6. The van der Waals surface area contributed by atoms with Crippen LogP contribution in [-0.2, 0) is 4.79 Å². The first-order valence-electron chi connectivity index (χ1n) is 5.85. The molecule has 9 heteroatoms. The normalized spacial score (nSPS) is 10.3. The molecule has 6 nitrogen and oxygen atoms in total. The Morgan fingerprint density at radius 2 is 2.33 bits per heavy atom. The van der Waals surface area contributed by atoms with E-state index in [1.165, 1.54) is 23.1 Å². The van der Waals surface area contributed by atoms with Crippen molar-refractivity contribution in [3.8, 4) is 0 Å². The number of primary amides is 1. The summed E-state index contributed by atoms with van der Waals surface area (Å²) in [5, 5.41) is 3.16. The summed E-state index contributed by atoms with van der Waals surface area (Å²) in [6, 6.07) is 3.34. The second-order valence-electron chi connectivity index (χ2n) is 4.01. The molecule has 0 saturated carbocycles. The van der Waals surface area contributed by atoms with Crippen LogP contribution >= 0.6 is 35.3 Å². The number of rotatable bonds is 5. The number of amides is 2. The van der Waals surface area contributed by atoms with Gasteiger partial charge in [-0.05, 0) is 19.1 Å². The van der Waals surface area contributed by atoms with Crippen molar-refractivity contribution in [2.24, 2.45) is 5.73 Å². The first-order valence-corrected chi connectivity index (χ1v) is 8.06. The lowest BCUT2D eigenvalue weighted by atomic mass is 10.3. The minimum atomic E-state index is -0.394. The highest BCUT2D eigenvalue weighted by Gasteiger charge is 2.13. The molecule has 0 unspecified atom stereocenters. The van der Waals surface area contributed by atoms with Crippen molar-refractivity contribution in [2.75, 3.05) is 11.1 Å². The number of nitrogens with zero attached hydrogens (tertiary/aromatic N) is 1. The second kappa shape index (κ2) is 6.83. The lowest BCUT2D eigenvalue weighted by Crippen LogP contribution is -2.12. The van der Waals surface area contributed by atoms with Gasteiger partial charge in [-0.2, -0.15) is 0 Å². The molecule has 2 rings (SSSR count). The van der Waals surface area contributed by atoms with Gasteiger partial charge in [0.25, 0.3) is 5.91 Å². The molecule has 0 radical (unpaired) electrons. The predicted molar refractivity (Wildman–Crippen MR) is 86.3 cm³/mol. The van der Waals surface area contributed by atoms with Crippen molar-refractivity contribution < 1.29 is 9.59 Å². The smallest absolute Gasteiger partial charge is 0.260 e. The number of nitrogens with one attached hydrogen (secondary N) is 2. The summed E-state index contributed by atoms with van der Waals surface area (Å²) in [5.74, 6) is -0.536. The molecule has 0 aliphatic rings. The van der Waals surface area contributed by atoms with Crippen molar-refractivity contribution in [1.29, 1.82) is 0 Å². The van der Waals surface area contributed by atoms with E-state index < -0.39 is 5.91 Å². The molecule has 2 amide bonds. The molecule has 0 aliphatic heterocycles. The Labute approximate surface area is 134 Å². The van der Waals surface area contributed by atoms with E-state index in [2.05, 4.69) is 15.3 Å².